The van der Waals surface area contributed by atoms with Crippen LogP contribution in [-0.4, -0.2) is 28.5 Å². The molecule has 9 heteroatoms. The van der Waals surface area contributed by atoms with Gasteiger partial charge in [0.1, 0.15) is 5.82 Å². The molecule has 3 aromatic heterocycles. The van der Waals surface area contributed by atoms with Gasteiger partial charge in [0.15, 0.2) is 11.2 Å². The van der Waals surface area contributed by atoms with Gasteiger partial charge in [-0.25, -0.2) is 13.9 Å². The molecule has 0 unspecified atom stereocenters. The molecule has 0 aliphatic rings. The Balaban J connectivity index is 2.03. The quantitative estimate of drug-likeness (QED) is 0.506. The summed E-state index contributed by atoms with van der Waals surface area (Å²) in [6, 6.07) is 8.04. The molecule has 0 saturated carbocycles. The fourth-order valence-electron chi connectivity index (χ4n) is 3.72. The van der Waals surface area contributed by atoms with E-state index in [1.165, 1.54) is 10.6 Å². The van der Waals surface area contributed by atoms with Gasteiger partial charge >= 0.3 is 5.69 Å². The lowest BCUT2D eigenvalue weighted by Gasteiger charge is -2.11. The first-order valence-corrected chi connectivity index (χ1v) is 9.80. The summed E-state index contributed by atoms with van der Waals surface area (Å²) >= 11 is 0. The molecule has 0 saturated heterocycles. The first-order valence-electron chi connectivity index (χ1n) is 9.80. The van der Waals surface area contributed by atoms with Crippen molar-refractivity contribution in [2.24, 2.45) is 7.05 Å². The van der Waals surface area contributed by atoms with Gasteiger partial charge in [0.05, 0.1) is 12.2 Å². The molecule has 30 heavy (non-hydrogen) atoms. The summed E-state index contributed by atoms with van der Waals surface area (Å²) in [5.74, 6) is 0.0186. The standard InChI is InChI=1S/C21H23FN6O2/c1-5-10-26-17-18(23-20(26)28-14(3)11-13(2)24-28)25(4)21(30)27(19(17)29)12-15-8-6-7-9-16(15)22/h6-9,11H,5,10,12H2,1-4H3. The molecule has 156 valence electrons. The average Bonchev–Trinajstić information content (AvgIpc) is 3.24. The number of benzene rings is 1. The molecule has 0 bridgehead atoms. The predicted molar refractivity (Wildman–Crippen MR) is 112 cm³/mol. The number of hydrogen-bond donors (Lipinski definition) is 0. The molecule has 0 spiro atoms. The lowest BCUT2D eigenvalue weighted by Crippen LogP contribution is -2.40. The maximum Gasteiger partial charge on any atom is 0.332 e. The van der Waals surface area contributed by atoms with Crippen LogP contribution >= 0.6 is 0 Å². The van der Waals surface area contributed by atoms with Crippen LogP contribution in [0.5, 0.6) is 0 Å². The van der Waals surface area contributed by atoms with Crippen LogP contribution in [0.15, 0.2) is 39.9 Å². The Morgan fingerprint density at radius 1 is 1.10 bits per heavy atom. The van der Waals surface area contributed by atoms with Gasteiger partial charge in [-0.1, -0.05) is 25.1 Å². The Bertz CT molecular complexity index is 1370. The van der Waals surface area contributed by atoms with Gasteiger partial charge in [-0.15, -0.1) is 0 Å². The summed E-state index contributed by atoms with van der Waals surface area (Å²) in [7, 11) is 1.57. The zero-order valence-corrected chi connectivity index (χ0v) is 17.4. The molecule has 0 atom stereocenters. The molecule has 0 aliphatic carbocycles. The Morgan fingerprint density at radius 2 is 1.83 bits per heavy atom. The lowest BCUT2D eigenvalue weighted by atomic mass is 10.2. The van der Waals surface area contributed by atoms with E-state index >= 15 is 0 Å². The fourth-order valence-corrected chi connectivity index (χ4v) is 3.72. The maximum absolute atomic E-state index is 14.2. The normalized spacial score (nSPS) is 11.5. The number of aromatic nitrogens is 6. The van der Waals surface area contributed by atoms with Crippen LogP contribution in [0.4, 0.5) is 4.39 Å². The van der Waals surface area contributed by atoms with E-state index in [4.69, 9.17) is 0 Å². The van der Waals surface area contributed by atoms with Crippen LogP contribution in [-0.2, 0) is 20.1 Å². The highest BCUT2D eigenvalue weighted by Gasteiger charge is 2.22. The first-order chi connectivity index (χ1) is 14.3. The maximum atomic E-state index is 14.2. The minimum absolute atomic E-state index is 0.152. The van der Waals surface area contributed by atoms with Gasteiger partial charge in [-0.2, -0.15) is 10.1 Å². The summed E-state index contributed by atoms with van der Waals surface area (Å²) in [6.07, 6.45) is 0.757. The second-order valence-corrected chi connectivity index (χ2v) is 7.40. The van der Waals surface area contributed by atoms with Crippen molar-refractivity contribution in [3.05, 3.63) is 73.9 Å². The number of nitrogens with zero attached hydrogens (tertiary/aromatic N) is 6. The van der Waals surface area contributed by atoms with Crippen LogP contribution in [0.1, 0.15) is 30.3 Å². The van der Waals surface area contributed by atoms with Crippen molar-refractivity contribution in [1.29, 1.82) is 0 Å². The van der Waals surface area contributed by atoms with Crippen molar-refractivity contribution in [2.45, 2.75) is 40.3 Å². The molecular weight excluding hydrogens is 387 g/mol. The van der Waals surface area contributed by atoms with Gasteiger partial charge < -0.3 is 4.57 Å². The van der Waals surface area contributed by atoms with Crippen molar-refractivity contribution in [2.75, 3.05) is 0 Å². The number of fused-ring (bicyclic) bond motifs is 1. The summed E-state index contributed by atoms with van der Waals surface area (Å²) in [5.41, 5.74) is 1.52. The predicted octanol–water partition coefficient (Wildman–Crippen LogP) is 2.30. The van der Waals surface area contributed by atoms with Gasteiger partial charge in [-0.05, 0) is 32.4 Å². The Hall–Kier alpha value is -3.49. The molecule has 8 nitrogen and oxygen atoms in total. The van der Waals surface area contributed by atoms with Crippen LogP contribution in [0, 0.1) is 19.7 Å². The van der Waals surface area contributed by atoms with Crippen LogP contribution < -0.4 is 11.2 Å². The van der Waals surface area contributed by atoms with E-state index in [-0.39, 0.29) is 17.8 Å². The van der Waals surface area contributed by atoms with E-state index in [0.717, 1.165) is 22.4 Å². The van der Waals surface area contributed by atoms with Crippen molar-refractivity contribution in [1.82, 2.24) is 28.5 Å². The summed E-state index contributed by atoms with van der Waals surface area (Å²) < 4.78 is 20.0. The van der Waals surface area contributed by atoms with Crippen LogP contribution in [0.25, 0.3) is 17.1 Å². The Morgan fingerprint density at radius 3 is 2.47 bits per heavy atom. The smallest absolute Gasteiger partial charge is 0.302 e. The van der Waals surface area contributed by atoms with Crippen LogP contribution in [0.2, 0.25) is 0 Å². The monoisotopic (exact) mass is 410 g/mol. The molecule has 1 aromatic carbocycles. The SMILES string of the molecule is CCCn1c(-n2nc(C)cc2C)nc2c1c(=O)n(Cc1ccccc1F)c(=O)n2C. The minimum Gasteiger partial charge on any atom is -0.302 e. The zero-order valence-electron chi connectivity index (χ0n) is 17.4. The number of halogens is 1. The third-order valence-electron chi connectivity index (χ3n) is 5.14. The van der Waals surface area contributed by atoms with Gasteiger partial charge in [-0.3, -0.25) is 13.9 Å². The second-order valence-electron chi connectivity index (χ2n) is 7.40. The molecule has 4 rings (SSSR count). The average molecular weight is 410 g/mol. The second kappa shape index (κ2) is 7.40. The van der Waals surface area contributed by atoms with Gasteiger partial charge in [0.2, 0.25) is 5.95 Å². The fraction of sp³-hybridized carbons (Fsp3) is 0.333. The molecule has 0 amide bonds. The highest BCUT2D eigenvalue weighted by atomic mass is 19.1. The molecular formula is C21H23FN6O2. The van der Waals surface area contributed by atoms with Crippen molar-refractivity contribution in [3.8, 4) is 5.95 Å². The van der Waals surface area contributed by atoms with Crippen LogP contribution in [0.3, 0.4) is 0 Å². The summed E-state index contributed by atoms with van der Waals surface area (Å²) in [5, 5.41) is 4.49. The van der Waals surface area contributed by atoms with Crippen molar-refractivity contribution < 1.29 is 4.39 Å². The molecule has 0 fully saturated rings. The number of aryl methyl sites for hydroxylation is 4. The highest BCUT2D eigenvalue weighted by molar-refractivity contribution is 5.72. The molecule has 3 heterocycles. The van der Waals surface area contributed by atoms with E-state index in [1.807, 2.05) is 26.8 Å². The molecule has 4 aromatic rings. The topological polar surface area (TPSA) is 79.6 Å². The van der Waals surface area contributed by atoms with E-state index in [9.17, 15) is 14.0 Å². The summed E-state index contributed by atoms with van der Waals surface area (Å²) in [4.78, 5) is 30.9. The van der Waals surface area contributed by atoms with E-state index in [1.54, 1.807) is 34.5 Å². The van der Waals surface area contributed by atoms with E-state index in [0.29, 0.717) is 18.0 Å². The molecule has 0 N–H and O–H groups in total. The number of imidazole rings is 1. The lowest BCUT2D eigenvalue weighted by molar-refractivity contribution is 0.580. The Labute approximate surface area is 171 Å². The third kappa shape index (κ3) is 3.06. The molecule has 0 aliphatic heterocycles. The Kier molecular flexibility index (Phi) is 4.89. The van der Waals surface area contributed by atoms with Gasteiger partial charge in [0.25, 0.3) is 5.56 Å². The molecule has 0 radical (unpaired) electrons. The van der Waals surface area contributed by atoms with E-state index < -0.39 is 17.1 Å². The number of hydrogen-bond acceptors (Lipinski definition) is 4. The van der Waals surface area contributed by atoms with Crippen molar-refractivity contribution in [3.63, 3.8) is 0 Å². The minimum atomic E-state index is -0.545. The van der Waals surface area contributed by atoms with Gasteiger partial charge in [0, 0.05) is 24.8 Å². The van der Waals surface area contributed by atoms with Crippen molar-refractivity contribution >= 4 is 11.2 Å². The largest absolute Gasteiger partial charge is 0.332 e. The first kappa shape index (κ1) is 19.8. The third-order valence-corrected chi connectivity index (χ3v) is 5.14. The number of rotatable bonds is 5. The summed E-state index contributed by atoms with van der Waals surface area (Å²) in [6.45, 7) is 6.16. The van der Waals surface area contributed by atoms with E-state index in [2.05, 4.69) is 10.1 Å². The zero-order chi connectivity index (χ0) is 21.6. The highest BCUT2D eigenvalue weighted by Crippen LogP contribution is 2.18.